The maximum Gasteiger partial charge on any atom is 0.224 e. The van der Waals surface area contributed by atoms with Crippen LogP contribution < -0.4 is 0 Å². The zero-order valence-corrected chi connectivity index (χ0v) is 10.7. The fourth-order valence-electron chi connectivity index (χ4n) is 1.07. The molecule has 1 aromatic rings. The number of halogens is 2. The SMILES string of the molecule is C/C(=C/c1c(C)nc(Cl)nc1Cl)N(C)C=O. The standard InChI is InChI=1S/C10H11Cl2N3O/c1-6(15(3)5-16)4-8-7(2)13-10(12)14-9(8)11/h4-5H,1-3H3/b6-4-. The number of rotatable bonds is 3. The van der Waals surface area contributed by atoms with Crippen LogP contribution in [0.4, 0.5) is 0 Å². The van der Waals surface area contributed by atoms with E-state index < -0.39 is 0 Å². The molecule has 0 unspecified atom stereocenters. The first kappa shape index (κ1) is 12.9. The molecule has 1 rings (SSSR count). The van der Waals surface area contributed by atoms with Crippen molar-refractivity contribution in [3.63, 3.8) is 0 Å². The Morgan fingerprint density at radius 3 is 2.50 bits per heavy atom. The average molecular weight is 260 g/mol. The number of amides is 1. The van der Waals surface area contributed by atoms with Crippen molar-refractivity contribution >= 4 is 35.7 Å². The van der Waals surface area contributed by atoms with Crippen molar-refractivity contribution in [2.75, 3.05) is 7.05 Å². The molecule has 0 aliphatic rings. The molecule has 1 heterocycles. The lowest BCUT2D eigenvalue weighted by atomic mass is 10.2. The third-order valence-electron chi connectivity index (χ3n) is 2.13. The van der Waals surface area contributed by atoms with E-state index in [4.69, 9.17) is 23.2 Å². The maximum absolute atomic E-state index is 10.6. The fourth-order valence-corrected chi connectivity index (χ4v) is 1.60. The Labute approximate surface area is 104 Å². The smallest absolute Gasteiger partial charge is 0.224 e. The summed E-state index contributed by atoms with van der Waals surface area (Å²) in [5, 5.41) is 0.386. The van der Waals surface area contributed by atoms with Gasteiger partial charge >= 0.3 is 0 Å². The van der Waals surface area contributed by atoms with Crippen molar-refractivity contribution in [3.05, 3.63) is 27.4 Å². The van der Waals surface area contributed by atoms with Crippen molar-refractivity contribution in [1.29, 1.82) is 0 Å². The highest BCUT2D eigenvalue weighted by Crippen LogP contribution is 2.21. The molecule has 1 aromatic heterocycles. The van der Waals surface area contributed by atoms with E-state index in [9.17, 15) is 4.79 Å². The van der Waals surface area contributed by atoms with Crippen LogP contribution in [-0.2, 0) is 4.79 Å². The van der Waals surface area contributed by atoms with Gasteiger partial charge in [-0.25, -0.2) is 9.97 Å². The van der Waals surface area contributed by atoms with Gasteiger partial charge in [-0.05, 0) is 31.5 Å². The summed E-state index contributed by atoms with van der Waals surface area (Å²) in [5.41, 5.74) is 2.08. The summed E-state index contributed by atoms with van der Waals surface area (Å²) in [6.45, 7) is 3.57. The van der Waals surface area contributed by atoms with Gasteiger partial charge in [0.05, 0.1) is 5.69 Å². The maximum atomic E-state index is 10.6. The number of aryl methyl sites for hydroxylation is 1. The summed E-state index contributed by atoms with van der Waals surface area (Å²) in [7, 11) is 1.65. The molecule has 0 saturated carbocycles. The third kappa shape index (κ3) is 2.93. The van der Waals surface area contributed by atoms with Gasteiger partial charge in [-0.1, -0.05) is 11.6 Å². The lowest BCUT2D eigenvalue weighted by Gasteiger charge is -2.11. The summed E-state index contributed by atoms with van der Waals surface area (Å²) >= 11 is 11.6. The third-order valence-corrected chi connectivity index (χ3v) is 2.59. The van der Waals surface area contributed by atoms with Crippen LogP contribution in [-0.4, -0.2) is 28.3 Å². The van der Waals surface area contributed by atoms with Gasteiger partial charge in [-0.15, -0.1) is 0 Å². The molecule has 0 aliphatic carbocycles. The zero-order valence-electron chi connectivity index (χ0n) is 9.16. The Hall–Kier alpha value is -1.13. The van der Waals surface area contributed by atoms with Crippen LogP contribution in [0.1, 0.15) is 18.2 Å². The van der Waals surface area contributed by atoms with Crippen molar-refractivity contribution in [1.82, 2.24) is 14.9 Å². The zero-order chi connectivity index (χ0) is 12.3. The summed E-state index contributed by atoms with van der Waals surface area (Å²) in [6.07, 6.45) is 2.45. The predicted octanol–water partition coefficient (Wildman–Crippen LogP) is 2.54. The van der Waals surface area contributed by atoms with E-state index in [1.165, 1.54) is 4.90 Å². The molecule has 0 bridgehead atoms. The number of aromatic nitrogens is 2. The van der Waals surface area contributed by atoms with Gasteiger partial charge in [0.25, 0.3) is 0 Å². The number of nitrogens with zero attached hydrogens (tertiary/aromatic N) is 3. The van der Waals surface area contributed by atoms with Crippen molar-refractivity contribution in [2.24, 2.45) is 0 Å². The van der Waals surface area contributed by atoms with Crippen molar-refractivity contribution < 1.29 is 4.79 Å². The Kier molecular flexibility index (Phi) is 4.26. The van der Waals surface area contributed by atoms with Crippen LogP contribution in [0, 0.1) is 6.92 Å². The molecule has 4 nitrogen and oxygen atoms in total. The number of carbonyl (C=O) groups excluding carboxylic acids is 1. The van der Waals surface area contributed by atoms with Crippen LogP contribution in [0.5, 0.6) is 0 Å². The summed E-state index contributed by atoms with van der Waals surface area (Å²) in [6, 6.07) is 0. The van der Waals surface area contributed by atoms with Gasteiger partial charge in [0.15, 0.2) is 0 Å². The minimum absolute atomic E-state index is 0.112. The number of hydrogen-bond donors (Lipinski definition) is 0. The molecule has 0 saturated heterocycles. The minimum atomic E-state index is 0.112. The Morgan fingerprint density at radius 2 is 2.00 bits per heavy atom. The van der Waals surface area contributed by atoms with Crippen LogP contribution in [0.25, 0.3) is 6.08 Å². The molecule has 0 atom stereocenters. The highest BCUT2D eigenvalue weighted by Gasteiger charge is 2.08. The van der Waals surface area contributed by atoms with Gasteiger partial charge in [-0.3, -0.25) is 4.79 Å². The van der Waals surface area contributed by atoms with Crippen LogP contribution >= 0.6 is 23.2 Å². The van der Waals surface area contributed by atoms with Crippen LogP contribution in [0.2, 0.25) is 10.4 Å². The van der Waals surface area contributed by atoms with E-state index in [0.29, 0.717) is 17.7 Å². The van der Waals surface area contributed by atoms with E-state index in [0.717, 1.165) is 5.70 Å². The second-order valence-corrected chi connectivity index (χ2v) is 3.98. The van der Waals surface area contributed by atoms with E-state index in [1.807, 2.05) is 0 Å². The second kappa shape index (κ2) is 5.27. The van der Waals surface area contributed by atoms with E-state index in [2.05, 4.69) is 9.97 Å². The first-order chi connectivity index (χ1) is 7.45. The number of carbonyl (C=O) groups is 1. The van der Waals surface area contributed by atoms with Crippen molar-refractivity contribution in [3.8, 4) is 0 Å². The van der Waals surface area contributed by atoms with Crippen LogP contribution in [0.3, 0.4) is 0 Å². The molecule has 0 radical (unpaired) electrons. The quantitative estimate of drug-likeness (QED) is 0.476. The molecular weight excluding hydrogens is 249 g/mol. The fraction of sp³-hybridized carbons (Fsp3) is 0.300. The van der Waals surface area contributed by atoms with Gasteiger partial charge in [0.1, 0.15) is 5.15 Å². The van der Waals surface area contributed by atoms with Gasteiger partial charge in [0.2, 0.25) is 11.7 Å². The molecule has 16 heavy (non-hydrogen) atoms. The second-order valence-electron chi connectivity index (χ2n) is 3.28. The topological polar surface area (TPSA) is 46.1 Å². The normalized spacial score (nSPS) is 11.4. The lowest BCUT2D eigenvalue weighted by molar-refractivity contribution is -0.115. The Bertz CT molecular complexity index is 423. The Balaban J connectivity index is 3.20. The summed E-state index contributed by atoms with van der Waals surface area (Å²) in [5.74, 6) is 0. The van der Waals surface area contributed by atoms with Crippen molar-refractivity contribution in [2.45, 2.75) is 13.8 Å². The molecule has 0 N–H and O–H groups in total. The average Bonchev–Trinajstić information content (AvgIpc) is 2.21. The predicted molar refractivity (Wildman–Crippen MR) is 64.3 cm³/mol. The number of hydrogen-bond acceptors (Lipinski definition) is 3. The summed E-state index contributed by atoms with van der Waals surface area (Å²) in [4.78, 5) is 19.8. The summed E-state index contributed by atoms with van der Waals surface area (Å²) < 4.78 is 0. The van der Waals surface area contributed by atoms with Gasteiger partial charge in [0, 0.05) is 18.3 Å². The molecule has 86 valence electrons. The van der Waals surface area contributed by atoms with Gasteiger partial charge in [-0.2, -0.15) is 0 Å². The van der Waals surface area contributed by atoms with E-state index >= 15 is 0 Å². The minimum Gasteiger partial charge on any atom is -0.322 e. The highest BCUT2D eigenvalue weighted by molar-refractivity contribution is 6.32. The molecular formula is C10H11Cl2N3O. The first-order valence-corrected chi connectivity index (χ1v) is 5.27. The van der Waals surface area contributed by atoms with Gasteiger partial charge < -0.3 is 4.90 Å². The largest absolute Gasteiger partial charge is 0.322 e. The molecule has 0 aromatic carbocycles. The molecule has 6 heteroatoms. The number of allylic oxidation sites excluding steroid dienone is 1. The first-order valence-electron chi connectivity index (χ1n) is 4.51. The van der Waals surface area contributed by atoms with Crippen LogP contribution in [0.15, 0.2) is 5.70 Å². The lowest BCUT2D eigenvalue weighted by Crippen LogP contribution is -2.12. The molecule has 1 amide bonds. The molecule has 0 aliphatic heterocycles. The monoisotopic (exact) mass is 259 g/mol. The Morgan fingerprint density at radius 1 is 1.38 bits per heavy atom. The van der Waals surface area contributed by atoms with E-state index in [1.54, 1.807) is 27.0 Å². The molecule has 0 spiro atoms. The van der Waals surface area contributed by atoms with E-state index in [-0.39, 0.29) is 10.4 Å². The highest BCUT2D eigenvalue weighted by atomic mass is 35.5. The molecule has 0 fully saturated rings.